The molecule has 1 aromatic rings. The molecule has 0 amide bonds. The van der Waals surface area contributed by atoms with Gasteiger partial charge in [0.1, 0.15) is 18.5 Å². The second kappa shape index (κ2) is 9.86. The van der Waals surface area contributed by atoms with Crippen molar-refractivity contribution in [1.29, 1.82) is 0 Å². The maximum Gasteiger partial charge on any atom is 0.191 e. The van der Waals surface area contributed by atoms with Crippen LogP contribution in [0.15, 0.2) is 29.3 Å². The van der Waals surface area contributed by atoms with Crippen LogP contribution in [0.3, 0.4) is 0 Å². The molecule has 1 unspecified atom stereocenters. The maximum absolute atomic E-state index is 9.90. The third kappa shape index (κ3) is 6.37. The van der Waals surface area contributed by atoms with Crippen molar-refractivity contribution >= 4 is 29.9 Å². The second-order valence-corrected chi connectivity index (χ2v) is 5.08. The van der Waals surface area contributed by atoms with Gasteiger partial charge in [-0.05, 0) is 24.6 Å². The summed E-state index contributed by atoms with van der Waals surface area (Å²) in [6, 6.07) is 7.71. The third-order valence-electron chi connectivity index (χ3n) is 3.23. The molecule has 1 fully saturated rings. The van der Waals surface area contributed by atoms with E-state index in [-0.39, 0.29) is 37.1 Å². The number of aliphatic hydroxyl groups excluding tert-OH is 1. The van der Waals surface area contributed by atoms with Gasteiger partial charge in [0.05, 0.1) is 19.8 Å². The van der Waals surface area contributed by atoms with E-state index in [1.54, 1.807) is 0 Å². The van der Waals surface area contributed by atoms with E-state index in [0.717, 1.165) is 24.4 Å². The summed E-state index contributed by atoms with van der Waals surface area (Å²) in [5, 5.41) is 9.90. The Morgan fingerprint density at radius 3 is 2.86 bits per heavy atom. The Labute approximate surface area is 148 Å². The molecule has 1 atom stereocenters. The van der Waals surface area contributed by atoms with Gasteiger partial charge in [-0.2, -0.15) is 0 Å². The van der Waals surface area contributed by atoms with E-state index in [1.165, 1.54) is 0 Å². The van der Waals surface area contributed by atoms with Gasteiger partial charge in [0.15, 0.2) is 5.96 Å². The SMILES string of the molecule is Cc1cccc(OCC(O)CN=C(N)N2CCOCC2)c1.I. The molecular formula is C15H24IN3O3. The minimum Gasteiger partial charge on any atom is -0.491 e. The second-order valence-electron chi connectivity index (χ2n) is 5.08. The van der Waals surface area contributed by atoms with Gasteiger partial charge in [-0.25, -0.2) is 0 Å². The minimum atomic E-state index is -0.676. The average Bonchev–Trinajstić information content (AvgIpc) is 2.51. The molecule has 124 valence electrons. The number of morpholine rings is 1. The summed E-state index contributed by atoms with van der Waals surface area (Å²) in [5.41, 5.74) is 7.01. The highest BCUT2D eigenvalue weighted by atomic mass is 127. The largest absolute Gasteiger partial charge is 0.491 e. The van der Waals surface area contributed by atoms with Gasteiger partial charge in [0.2, 0.25) is 0 Å². The molecule has 1 aliphatic rings. The Morgan fingerprint density at radius 1 is 1.45 bits per heavy atom. The van der Waals surface area contributed by atoms with Crippen molar-refractivity contribution < 1.29 is 14.6 Å². The number of ether oxygens (including phenoxy) is 2. The molecule has 22 heavy (non-hydrogen) atoms. The molecule has 3 N–H and O–H groups in total. The number of guanidine groups is 1. The molecule has 0 spiro atoms. The van der Waals surface area contributed by atoms with Crippen molar-refractivity contribution in [3.8, 4) is 5.75 Å². The quantitative estimate of drug-likeness (QED) is 0.421. The highest BCUT2D eigenvalue weighted by Crippen LogP contribution is 2.12. The van der Waals surface area contributed by atoms with E-state index < -0.39 is 6.10 Å². The lowest BCUT2D eigenvalue weighted by atomic mass is 10.2. The summed E-state index contributed by atoms with van der Waals surface area (Å²) in [6.45, 7) is 5.23. The van der Waals surface area contributed by atoms with Crippen LogP contribution in [0.25, 0.3) is 0 Å². The van der Waals surface area contributed by atoms with Crippen LogP contribution in [0, 0.1) is 6.92 Å². The molecule has 1 saturated heterocycles. The van der Waals surface area contributed by atoms with E-state index in [0.29, 0.717) is 19.2 Å². The lowest BCUT2D eigenvalue weighted by molar-refractivity contribution is 0.0670. The molecule has 2 rings (SSSR count). The fraction of sp³-hybridized carbons (Fsp3) is 0.533. The zero-order chi connectivity index (χ0) is 15.1. The van der Waals surface area contributed by atoms with Gasteiger partial charge < -0.3 is 25.2 Å². The Balaban J connectivity index is 0.00000242. The number of hydrogen-bond acceptors (Lipinski definition) is 4. The summed E-state index contributed by atoms with van der Waals surface area (Å²) in [4.78, 5) is 6.17. The van der Waals surface area contributed by atoms with Crippen LogP contribution in [0.1, 0.15) is 5.56 Å². The van der Waals surface area contributed by atoms with Crippen LogP contribution in [0.4, 0.5) is 0 Å². The molecule has 0 radical (unpaired) electrons. The zero-order valence-electron chi connectivity index (χ0n) is 12.8. The Kier molecular flexibility index (Phi) is 8.51. The van der Waals surface area contributed by atoms with E-state index in [2.05, 4.69) is 4.99 Å². The number of rotatable bonds is 5. The summed E-state index contributed by atoms with van der Waals surface area (Å²) >= 11 is 0. The van der Waals surface area contributed by atoms with E-state index >= 15 is 0 Å². The molecule has 6 nitrogen and oxygen atoms in total. The summed E-state index contributed by atoms with van der Waals surface area (Å²) in [7, 11) is 0. The number of aryl methyl sites for hydroxylation is 1. The van der Waals surface area contributed by atoms with Crippen LogP contribution in [-0.4, -0.2) is 61.5 Å². The smallest absolute Gasteiger partial charge is 0.191 e. The summed E-state index contributed by atoms with van der Waals surface area (Å²) in [6.07, 6.45) is -0.676. The third-order valence-corrected chi connectivity index (χ3v) is 3.23. The van der Waals surface area contributed by atoms with Gasteiger partial charge in [-0.15, -0.1) is 24.0 Å². The Bertz CT molecular complexity index is 479. The lowest BCUT2D eigenvalue weighted by Gasteiger charge is -2.27. The van der Waals surface area contributed by atoms with Gasteiger partial charge in [0, 0.05) is 13.1 Å². The Morgan fingerprint density at radius 2 is 2.18 bits per heavy atom. The number of nitrogens with two attached hydrogens (primary N) is 1. The topological polar surface area (TPSA) is 80.3 Å². The van der Waals surface area contributed by atoms with Crippen LogP contribution >= 0.6 is 24.0 Å². The van der Waals surface area contributed by atoms with Crippen molar-refractivity contribution in [3.63, 3.8) is 0 Å². The first kappa shape index (κ1) is 19.0. The van der Waals surface area contributed by atoms with Gasteiger partial charge in [0.25, 0.3) is 0 Å². The first-order valence-corrected chi connectivity index (χ1v) is 7.15. The van der Waals surface area contributed by atoms with Gasteiger partial charge in [-0.3, -0.25) is 4.99 Å². The first-order valence-electron chi connectivity index (χ1n) is 7.15. The lowest BCUT2D eigenvalue weighted by Crippen LogP contribution is -2.45. The molecule has 7 heteroatoms. The molecule has 0 aromatic heterocycles. The monoisotopic (exact) mass is 421 g/mol. The fourth-order valence-electron chi connectivity index (χ4n) is 2.04. The van der Waals surface area contributed by atoms with E-state index in [1.807, 2.05) is 36.1 Å². The molecule has 0 aliphatic carbocycles. The molecule has 1 aliphatic heterocycles. The highest BCUT2D eigenvalue weighted by Gasteiger charge is 2.13. The van der Waals surface area contributed by atoms with Crippen molar-refractivity contribution in [2.24, 2.45) is 10.7 Å². The van der Waals surface area contributed by atoms with Crippen LogP contribution in [0.2, 0.25) is 0 Å². The maximum atomic E-state index is 9.90. The van der Waals surface area contributed by atoms with Crippen LogP contribution < -0.4 is 10.5 Å². The fourth-order valence-corrected chi connectivity index (χ4v) is 2.04. The minimum absolute atomic E-state index is 0. The molecule has 0 bridgehead atoms. The highest BCUT2D eigenvalue weighted by molar-refractivity contribution is 14.0. The molecular weight excluding hydrogens is 397 g/mol. The number of nitrogens with zero attached hydrogens (tertiary/aromatic N) is 2. The van der Waals surface area contributed by atoms with Crippen LogP contribution in [-0.2, 0) is 4.74 Å². The predicted octanol–water partition coefficient (Wildman–Crippen LogP) is 1.000. The number of aliphatic imine (C=N–C) groups is 1. The number of hydrogen-bond donors (Lipinski definition) is 2. The zero-order valence-corrected chi connectivity index (χ0v) is 15.1. The predicted molar refractivity (Wildman–Crippen MR) is 97.0 cm³/mol. The number of benzene rings is 1. The molecule has 1 heterocycles. The number of aliphatic hydroxyl groups is 1. The van der Waals surface area contributed by atoms with Crippen molar-refractivity contribution in [1.82, 2.24) is 4.90 Å². The Hall–Kier alpha value is -1.06. The van der Waals surface area contributed by atoms with E-state index in [4.69, 9.17) is 15.2 Å². The first-order chi connectivity index (χ1) is 10.1. The summed E-state index contributed by atoms with van der Waals surface area (Å²) in [5.74, 6) is 1.20. The normalized spacial score (nSPS) is 16.8. The standard InChI is InChI=1S/C15H23N3O3.HI/c1-12-3-2-4-14(9-12)21-11-13(19)10-17-15(16)18-5-7-20-8-6-18;/h2-4,9,13,19H,5-8,10-11H2,1H3,(H2,16,17);1H. The number of halogens is 1. The van der Waals surface area contributed by atoms with Gasteiger partial charge >= 0.3 is 0 Å². The van der Waals surface area contributed by atoms with E-state index in [9.17, 15) is 5.11 Å². The molecule has 0 saturated carbocycles. The summed E-state index contributed by atoms with van der Waals surface area (Å²) < 4.78 is 10.8. The van der Waals surface area contributed by atoms with Crippen molar-refractivity contribution in [2.45, 2.75) is 13.0 Å². The van der Waals surface area contributed by atoms with Crippen molar-refractivity contribution in [2.75, 3.05) is 39.5 Å². The van der Waals surface area contributed by atoms with Crippen molar-refractivity contribution in [3.05, 3.63) is 29.8 Å². The van der Waals surface area contributed by atoms with Crippen LogP contribution in [0.5, 0.6) is 5.75 Å². The molecule has 1 aromatic carbocycles. The van der Waals surface area contributed by atoms with Gasteiger partial charge in [-0.1, -0.05) is 12.1 Å². The average molecular weight is 421 g/mol.